The number of rotatable bonds is 4. The highest BCUT2D eigenvalue weighted by molar-refractivity contribution is 6.30. The fraction of sp³-hybridized carbons (Fsp3) is 0.480. The van der Waals surface area contributed by atoms with Gasteiger partial charge in [0, 0.05) is 54.2 Å². The number of anilines is 2. The van der Waals surface area contributed by atoms with Gasteiger partial charge in [-0.2, -0.15) is 0 Å². The first-order valence-corrected chi connectivity index (χ1v) is 12.2. The summed E-state index contributed by atoms with van der Waals surface area (Å²) in [5.74, 6) is -0.189. The maximum atomic E-state index is 13.5. The third kappa shape index (κ3) is 4.51. The Morgan fingerprint density at radius 3 is 2.67 bits per heavy atom. The van der Waals surface area contributed by atoms with E-state index in [1.54, 1.807) is 12.1 Å². The molecule has 2 aromatic rings. The standard InChI is InChI=1S/C25H29ClN4O3/c26-18-5-4-8-20(15-18)28-11-12-29-23-10-9-21(30(32)33)13-17(23)14-22(24(29)16-28)25(31)27-19-6-2-1-3-7-19/h4-5,8-10,13,15,19,22,24H,1-3,6-7,11-12,14,16H2,(H,27,31). The largest absolute Gasteiger partial charge is 0.368 e. The summed E-state index contributed by atoms with van der Waals surface area (Å²) < 4.78 is 0. The number of nitrogens with one attached hydrogen (secondary N) is 1. The van der Waals surface area contributed by atoms with Crippen molar-refractivity contribution in [3.8, 4) is 0 Å². The number of nitro groups is 1. The number of nitro benzene ring substituents is 1. The molecule has 2 aliphatic heterocycles. The highest BCUT2D eigenvalue weighted by Gasteiger charge is 2.42. The zero-order chi connectivity index (χ0) is 22.9. The van der Waals surface area contributed by atoms with E-state index in [1.165, 1.54) is 6.42 Å². The van der Waals surface area contributed by atoms with E-state index < -0.39 is 0 Å². The number of carbonyl (C=O) groups is 1. The molecule has 5 rings (SSSR count). The molecule has 1 saturated heterocycles. The first-order valence-electron chi connectivity index (χ1n) is 11.8. The third-order valence-electron chi connectivity index (χ3n) is 7.37. The number of amides is 1. The Hall–Kier alpha value is -2.80. The van der Waals surface area contributed by atoms with Gasteiger partial charge in [-0.3, -0.25) is 14.9 Å². The van der Waals surface area contributed by atoms with Crippen LogP contribution in [0.3, 0.4) is 0 Å². The Kier molecular flexibility index (Phi) is 6.15. The van der Waals surface area contributed by atoms with Gasteiger partial charge in [0.25, 0.3) is 5.69 Å². The zero-order valence-electron chi connectivity index (χ0n) is 18.6. The average Bonchev–Trinajstić information content (AvgIpc) is 2.83. The van der Waals surface area contributed by atoms with Gasteiger partial charge in [0.2, 0.25) is 5.91 Å². The smallest absolute Gasteiger partial charge is 0.269 e. The lowest BCUT2D eigenvalue weighted by atomic mass is 9.82. The van der Waals surface area contributed by atoms with Crippen LogP contribution in [0.15, 0.2) is 42.5 Å². The molecule has 0 aromatic heterocycles. The molecule has 2 aromatic carbocycles. The van der Waals surface area contributed by atoms with Crippen molar-refractivity contribution in [2.75, 3.05) is 29.4 Å². The molecule has 1 amide bonds. The normalized spacial score (nSPS) is 22.9. The van der Waals surface area contributed by atoms with Crippen molar-refractivity contribution in [1.29, 1.82) is 0 Å². The minimum atomic E-state index is -0.361. The molecule has 33 heavy (non-hydrogen) atoms. The summed E-state index contributed by atoms with van der Waals surface area (Å²) in [6, 6.07) is 13.1. The Morgan fingerprint density at radius 1 is 1.09 bits per heavy atom. The molecule has 7 nitrogen and oxygen atoms in total. The third-order valence-corrected chi connectivity index (χ3v) is 7.60. The number of benzene rings is 2. The second-order valence-electron chi connectivity index (χ2n) is 9.41. The molecule has 2 atom stereocenters. The number of nitrogens with zero attached hydrogens (tertiary/aromatic N) is 3. The van der Waals surface area contributed by atoms with Crippen molar-refractivity contribution in [2.45, 2.75) is 50.6 Å². The zero-order valence-corrected chi connectivity index (χ0v) is 19.3. The van der Waals surface area contributed by atoms with Crippen LogP contribution in [0.25, 0.3) is 0 Å². The van der Waals surface area contributed by atoms with Crippen molar-refractivity contribution in [3.63, 3.8) is 0 Å². The van der Waals surface area contributed by atoms with Gasteiger partial charge in [0.15, 0.2) is 0 Å². The number of hydrogen-bond acceptors (Lipinski definition) is 5. The summed E-state index contributed by atoms with van der Waals surface area (Å²) in [6.07, 6.45) is 6.12. The summed E-state index contributed by atoms with van der Waals surface area (Å²) in [7, 11) is 0. The molecule has 1 aliphatic carbocycles. The maximum Gasteiger partial charge on any atom is 0.269 e. The van der Waals surface area contributed by atoms with Crippen LogP contribution >= 0.6 is 11.6 Å². The first kappa shape index (κ1) is 22.0. The van der Waals surface area contributed by atoms with Crippen LogP contribution in [-0.4, -0.2) is 42.5 Å². The summed E-state index contributed by atoms with van der Waals surface area (Å²) in [6.45, 7) is 2.25. The molecule has 174 valence electrons. The number of halogens is 1. The van der Waals surface area contributed by atoms with Gasteiger partial charge in [-0.15, -0.1) is 0 Å². The summed E-state index contributed by atoms with van der Waals surface area (Å²) >= 11 is 6.24. The topological polar surface area (TPSA) is 78.7 Å². The molecule has 1 saturated carbocycles. The fourth-order valence-corrected chi connectivity index (χ4v) is 5.87. The highest BCUT2D eigenvalue weighted by atomic mass is 35.5. The molecule has 8 heteroatoms. The first-order chi connectivity index (χ1) is 16.0. The number of piperazine rings is 1. The minimum Gasteiger partial charge on any atom is -0.368 e. The van der Waals surface area contributed by atoms with Crippen LogP contribution in [0.2, 0.25) is 5.02 Å². The average molecular weight is 469 g/mol. The molecule has 0 bridgehead atoms. The quantitative estimate of drug-likeness (QED) is 0.525. The second kappa shape index (κ2) is 9.21. The predicted octanol–water partition coefficient (Wildman–Crippen LogP) is 4.56. The molecule has 2 fully saturated rings. The molecular weight excluding hydrogens is 440 g/mol. The van der Waals surface area contributed by atoms with Crippen LogP contribution in [0.1, 0.15) is 37.7 Å². The molecule has 2 unspecified atom stereocenters. The maximum absolute atomic E-state index is 13.5. The molecule has 0 spiro atoms. The van der Waals surface area contributed by atoms with Gasteiger partial charge in [-0.25, -0.2) is 0 Å². The van der Waals surface area contributed by atoms with Gasteiger partial charge < -0.3 is 15.1 Å². The Morgan fingerprint density at radius 2 is 1.91 bits per heavy atom. The van der Waals surface area contributed by atoms with E-state index in [-0.39, 0.29) is 34.5 Å². The van der Waals surface area contributed by atoms with Crippen molar-refractivity contribution in [3.05, 3.63) is 63.2 Å². The van der Waals surface area contributed by atoms with E-state index in [2.05, 4.69) is 21.2 Å². The fourth-order valence-electron chi connectivity index (χ4n) is 5.69. The van der Waals surface area contributed by atoms with Crippen molar-refractivity contribution in [1.82, 2.24) is 5.32 Å². The van der Waals surface area contributed by atoms with Gasteiger partial charge in [-0.1, -0.05) is 36.9 Å². The van der Waals surface area contributed by atoms with Crippen molar-refractivity contribution < 1.29 is 9.72 Å². The molecule has 1 N–H and O–H groups in total. The minimum absolute atomic E-state index is 0.00437. The van der Waals surface area contributed by atoms with Gasteiger partial charge in [0.05, 0.1) is 16.9 Å². The van der Waals surface area contributed by atoms with E-state index in [9.17, 15) is 14.9 Å². The van der Waals surface area contributed by atoms with Crippen LogP contribution in [-0.2, 0) is 11.2 Å². The van der Waals surface area contributed by atoms with E-state index >= 15 is 0 Å². The van der Waals surface area contributed by atoms with Crippen molar-refractivity contribution >= 4 is 34.6 Å². The van der Waals surface area contributed by atoms with Crippen LogP contribution in [0.5, 0.6) is 0 Å². The monoisotopic (exact) mass is 468 g/mol. The summed E-state index contributed by atoms with van der Waals surface area (Å²) in [5, 5.41) is 15.4. The molecule has 2 heterocycles. The van der Waals surface area contributed by atoms with Crippen LogP contribution < -0.4 is 15.1 Å². The molecule has 3 aliphatic rings. The Labute approximate surface area is 198 Å². The van der Waals surface area contributed by atoms with E-state index in [0.29, 0.717) is 18.0 Å². The molecule has 0 radical (unpaired) electrons. The lowest BCUT2D eigenvalue weighted by Gasteiger charge is -2.49. The summed E-state index contributed by atoms with van der Waals surface area (Å²) in [4.78, 5) is 29.1. The SMILES string of the molecule is O=C(NC1CCCCC1)C1Cc2cc([N+](=O)[O-])ccc2N2CCN(c3cccc(Cl)c3)CC12. The highest BCUT2D eigenvalue weighted by Crippen LogP contribution is 2.39. The summed E-state index contributed by atoms with van der Waals surface area (Å²) in [5.41, 5.74) is 3.04. The second-order valence-corrected chi connectivity index (χ2v) is 9.85. The van der Waals surface area contributed by atoms with Gasteiger partial charge >= 0.3 is 0 Å². The van der Waals surface area contributed by atoms with Crippen molar-refractivity contribution in [2.24, 2.45) is 5.92 Å². The van der Waals surface area contributed by atoms with E-state index in [1.807, 2.05) is 24.3 Å². The lowest BCUT2D eigenvalue weighted by molar-refractivity contribution is -0.384. The number of fused-ring (bicyclic) bond motifs is 3. The van der Waals surface area contributed by atoms with Crippen LogP contribution in [0.4, 0.5) is 17.1 Å². The lowest BCUT2D eigenvalue weighted by Crippen LogP contribution is -2.61. The number of hydrogen-bond donors (Lipinski definition) is 1. The van der Waals surface area contributed by atoms with Gasteiger partial charge in [-0.05, 0) is 49.1 Å². The van der Waals surface area contributed by atoms with Gasteiger partial charge in [0.1, 0.15) is 0 Å². The van der Waals surface area contributed by atoms with Crippen LogP contribution in [0, 0.1) is 16.0 Å². The Balaban J connectivity index is 1.45. The van der Waals surface area contributed by atoms with E-state index in [0.717, 1.165) is 55.7 Å². The number of non-ortho nitro benzene ring substituents is 1. The van der Waals surface area contributed by atoms with E-state index in [4.69, 9.17) is 11.6 Å². The number of carbonyl (C=O) groups excluding carboxylic acids is 1. The Bertz CT molecular complexity index is 1060. The molecular formula is C25H29ClN4O3. The predicted molar refractivity (Wildman–Crippen MR) is 130 cm³/mol.